The summed E-state index contributed by atoms with van der Waals surface area (Å²) in [7, 11) is 0. The summed E-state index contributed by atoms with van der Waals surface area (Å²) in [5.74, 6) is 0.709. The number of carbonyl (C=O) groups excluding carboxylic acids is 1. The van der Waals surface area contributed by atoms with Crippen LogP contribution >= 0.6 is 23.5 Å². The fraction of sp³-hybridized carbons (Fsp3) is 0.118. The van der Waals surface area contributed by atoms with Crippen molar-refractivity contribution in [3.05, 3.63) is 54.4 Å². The van der Waals surface area contributed by atoms with Crippen molar-refractivity contribution < 1.29 is 9.21 Å². The fourth-order valence-electron chi connectivity index (χ4n) is 2.50. The van der Waals surface area contributed by atoms with E-state index in [1.54, 1.807) is 23.6 Å². The van der Waals surface area contributed by atoms with Gasteiger partial charge in [-0.25, -0.2) is 0 Å². The Labute approximate surface area is 147 Å². The van der Waals surface area contributed by atoms with Crippen LogP contribution in [0.2, 0.25) is 0 Å². The first-order valence-electron chi connectivity index (χ1n) is 7.34. The lowest BCUT2D eigenvalue weighted by Gasteiger charge is -2.30. The summed E-state index contributed by atoms with van der Waals surface area (Å²) in [6, 6.07) is 15.9. The molecule has 120 valence electrons. The molecule has 0 aliphatic carbocycles. The molecule has 1 amide bonds. The van der Waals surface area contributed by atoms with Crippen molar-refractivity contribution in [1.29, 1.82) is 0 Å². The Morgan fingerprint density at radius 3 is 2.29 bits per heavy atom. The molecular weight excluding hydrogens is 342 g/mol. The third-order valence-electron chi connectivity index (χ3n) is 3.51. The van der Waals surface area contributed by atoms with Gasteiger partial charge in [-0.1, -0.05) is 47.8 Å². The maximum Gasteiger partial charge on any atom is 0.277 e. The van der Waals surface area contributed by atoms with Gasteiger partial charge in [0.05, 0.1) is 17.1 Å². The molecule has 0 N–H and O–H groups in total. The van der Waals surface area contributed by atoms with Gasteiger partial charge in [-0.15, -0.1) is 10.2 Å². The smallest absolute Gasteiger partial charge is 0.277 e. The second-order valence-corrected chi connectivity index (χ2v) is 7.15. The molecule has 0 radical (unpaired) electrons. The molecule has 0 saturated heterocycles. The van der Waals surface area contributed by atoms with Crippen molar-refractivity contribution in [1.82, 2.24) is 10.2 Å². The predicted molar refractivity (Wildman–Crippen MR) is 93.9 cm³/mol. The van der Waals surface area contributed by atoms with Crippen molar-refractivity contribution in [2.24, 2.45) is 0 Å². The van der Waals surface area contributed by atoms with Crippen molar-refractivity contribution in [3.63, 3.8) is 0 Å². The van der Waals surface area contributed by atoms with Crippen LogP contribution in [0.3, 0.4) is 0 Å². The summed E-state index contributed by atoms with van der Waals surface area (Å²) in [4.78, 5) is 16.8. The van der Waals surface area contributed by atoms with Crippen molar-refractivity contribution in [2.45, 2.75) is 21.9 Å². The Kier molecular flexibility index (Phi) is 4.03. The van der Waals surface area contributed by atoms with E-state index in [1.165, 1.54) is 11.8 Å². The number of carbonyl (C=O) groups is 1. The molecule has 0 saturated carbocycles. The first kappa shape index (κ1) is 15.3. The molecule has 0 fully saturated rings. The molecule has 2 heterocycles. The zero-order valence-corrected chi connectivity index (χ0v) is 14.4. The summed E-state index contributed by atoms with van der Waals surface area (Å²) in [6.07, 6.45) is 0. The van der Waals surface area contributed by atoms with E-state index in [9.17, 15) is 4.79 Å². The second-order valence-electron chi connectivity index (χ2n) is 5.14. The number of nitrogens with zero attached hydrogens (tertiary/aromatic N) is 3. The summed E-state index contributed by atoms with van der Waals surface area (Å²) >= 11 is 2.93. The lowest BCUT2D eigenvalue weighted by atomic mass is 10.2. The number of benzene rings is 2. The number of amides is 1. The summed E-state index contributed by atoms with van der Waals surface area (Å²) in [5, 5.41) is 8.12. The number of rotatable bonds is 3. The van der Waals surface area contributed by atoms with Gasteiger partial charge >= 0.3 is 0 Å². The first-order chi connectivity index (χ1) is 11.7. The maximum atomic E-state index is 12.9. The average molecular weight is 355 g/mol. The van der Waals surface area contributed by atoms with Crippen LogP contribution in [0.25, 0.3) is 0 Å². The maximum absolute atomic E-state index is 12.9. The Hall–Kier alpha value is -2.25. The molecule has 1 aliphatic heterocycles. The van der Waals surface area contributed by atoms with E-state index in [4.69, 9.17) is 4.42 Å². The molecule has 5 nitrogen and oxygen atoms in total. The minimum Gasteiger partial charge on any atom is -0.416 e. The van der Waals surface area contributed by atoms with Crippen LogP contribution in [0.1, 0.15) is 5.89 Å². The van der Waals surface area contributed by atoms with Gasteiger partial charge in [-0.05, 0) is 24.3 Å². The Bertz CT molecular complexity index is 865. The van der Waals surface area contributed by atoms with E-state index in [2.05, 4.69) is 10.2 Å². The lowest BCUT2D eigenvalue weighted by molar-refractivity contribution is -0.115. The van der Waals surface area contributed by atoms with Crippen LogP contribution < -0.4 is 4.90 Å². The van der Waals surface area contributed by atoms with E-state index in [-0.39, 0.29) is 11.7 Å². The number of anilines is 2. The number of aryl methyl sites for hydroxylation is 1. The van der Waals surface area contributed by atoms with Crippen molar-refractivity contribution in [3.8, 4) is 0 Å². The van der Waals surface area contributed by atoms with Crippen LogP contribution in [-0.2, 0) is 4.79 Å². The number of hydrogen-bond donors (Lipinski definition) is 0. The molecule has 1 aliphatic rings. The van der Waals surface area contributed by atoms with Crippen LogP contribution in [0, 0.1) is 6.92 Å². The van der Waals surface area contributed by atoms with Crippen LogP contribution in [0.5, 0.6) is 0 Å². The van der Waals surface area contributed by atoms with Gasteiger partial charge in [0, 0.05) is 16.7 Å². The molecular formula is C17H13N3O2S2. The molecule has 1 aromatic heterocycles. The van der Waals surface area contributed by atoms with Gasteiger partial charge in [0.15, 0.2) is 0 Å². The van der Waals surface area contributed by atoms with Crippen LogP contribution in [-0.4, -0.2) is 21.9 Å². The van der Waals surface area contributed by atoms with Crippen LogP contribution in [0.15, 0.2) is 68.0 Å². The highest BCUT2D eigenvalue weighted by atomic mass is 32.2. The molecule has 3 aromatic rings. The predicted octanol–water partition coefficient (Wildman–Crippen LogP) is 4.30. The molecule has 0 bridgehead atoms. The number of aromatic nitrogens is 2. The highest BCUT2D eigenvalue weighted by molar-refractivity contribution is 8.00. The zero-order chi connectivity index (χ0) is 16.5. The molecule has 2 aromatic carbocycles. The van der Waals surface area contributed by atoms with E-state index >= 15 is 0 Å². The van der Waals surface area contributed by atoms with Crippen LogP contribution in [0.4, 0.5) is 11.4 Å². The highest BCUT2D eigenvalue weighted by Gasteiger charge is 2.28. The fourth-order valence-corrected chi connectivity index (χ4v) is 4.21. The Morgan fingerprint density at radius 2 is 1.71 bits per heavy atom. The normalized spacial score (nSPS) is 12.6. The van der Waals surface area contributed by atoms with Crippen molar-refractivity contribution in [2.75, 3.05) is 10.7 Å². The molecule has 0 atom stereocenters. The SMILES string of the molecule is Cc1nnc(SCC(=O)N2c3ccccc3Sc3ccccc32)o1. The number of thioether (sulfide) groups is 1. The quantitative estimate of drug-likeness (QED) is 0.653. The minimum absolute atomic E-state index is 0.0175. The van der Waals surface area contributed by atoms with Gasteiger partial charge in [0.25, 0.3) is 5.22 Å². The largest absolute Gasteiger partial charge is 0.416 e. The topological polar surface area (TPSA) is 59.2 Å². The molecule has 7 heteroatoms. The van der Waals surface area contributed by atoms with Gasteiger partial charge in [0.1, 0.15) is 0 Å². The molecule has 24 heavy (non-hydrogen) atoms. The molecule has 4 rings (SSSR count). The van der Waals surface area contributed by atoms with Crippen molar-refractivity contribution >= 4 is 40.8 Å². The van der Waals surface area contributed by atoms with E-state index < -0.39 is 0 Å². The zero-order valence-electron chi connectivity index (χ0n) is 12.8. The summed E-state index contributed by atoms with van der Waals surface area (Å²) in [6.45, 7) is 1.73. The lowest BCUT2D eigenvalue weighted by Crippen LogP contribution is -2.29. The number of fused-ring (bicyclic) bond motifs is 2. The number of hydrogen-bond acceptors (Lipinski definition) is 6. The second kappa shape index (κ2) is 6.33. The third kappa shape index (κ3) is 2.81. The highest BCUT2D eigenvalue weighted by Crippen LogP contribution is 2.48. The monoisotopic (exact) mass is 355 g/mol. The summed E-state index contributed by atoms with van der Waals surface area (Å²) in [5.41, 5.74) is 1.82. The van der Waals surface area contributed by atoms with E-state index in [1.807, 2.05) is 48.5 Å². The van der Waals surface area contributed by atoms with Gasteiger partial charge < -0.3 is 4.42 Å². The molecule has 0 unspecified atom stereocenters. The summed E-state index contributed by atoms with van der Waals surface area (Å²) < 4.78 is 5.33. The van der Waals surface area contributed by atoms with Gasteiger partial charge in [-0.3, -0.25) is 9.69 Å². The van der Waals surface area contributed by atoms with Gasteiger partial charge in [-0.2, -0.15) is 0 Å². The Morgan fingerprint density at radius 1 is 1.08 bits per heavy atom. The number of para-hydroxylation sites is 2. The molecule has 0 spiro atoms. The Balaban J connectivity index is 1.65. The van der Waals surface area contributed by atoms with E-state index in [0.717, 1.165) is 21.2 Å². The van der Waals surface area contributed by atoms with Gasteiger partial charge in [0.2, 0.25) is 11.8 Å². The first-order valence-corrected chi connectivity index (χ1v) is 9.14. The average Bonchev–Trinajstić information content (AvgIpc) is 3.03. The standard InChI is InChI=1S/C17H13N3O2S2/c1-11-18-19-17(22-11)23-10-16(21)20-12-6-2-4-8-14(12)24-15-9-5-3-7-13(15)20/h2-9H,10H2,1H3. The van der Waals surface area contributed by atoms with E-state index in [0.29, 0.717) is 11.1 Å². The third-order valence-corrected chi connectivity index (χ3v) is 5.44. The minimum atomic E-state index is -0.0175.